The molecule has 2 heterocycles. The van der Waals surface area contributed by atoms with E-state index in [0.717, 1.165) is 17.1 Å². The molecule has 2 atom stereocenters. The Bertz CT molecular complexity index is 693. The molecule has 1 aliphatic heterocycles. The molecule has 2 aromatic rings. The van der Waals surface area contributed by atoms with Gasteiger partial charge in [0.15, 0.2) is 0 Å². The average molecular weight is 342 g/mol. The van der Waals surface area contributed by atoms with Crippen LogP contribution in [0, 0.1) is 5.92 Å². The molecule has 1 aromatic heterocycles. The van der Waals surface area contributed by atoms with Gasteiger partial charge in [-0.15, -0.1) is 0 Å². The lowest BCUT2D eigenvalue weighted by Crippen LogP contribution is -2.42. The van der Waals surface area contributed by atoms with Gasteiger partial charge in [-0.2, -0.15) is 0 Å². The average Bonchev–Trinajstić information content (AvgIpc) is 3.06. The van der Waals surface area contributed by atoms with Gasteiger partial charge < -0.3 is 20.1 Å². The Morgan fingerprint density at radius 2 is 2.12 bits per heavy atom. The Balaban J connectivity index is 1.59. The summed E-state index contributed by atoms with van der Waals surface area (Å²) in [6, 6.07) is 9.16. The topological polar surface area (TPSA) is 87.6 Å². The van der Waals surface area contributed by atoms with Crippen molar-refractivity contribution in [2.45, 2.75) is 12.5 Å². The maximum absolute atomic E-state index is 12.4. The van der Waals surface area contributed by atoms with Gasteiger partial charge in [-0.25, -0.2) is 9.97 Å². The van der Waals surface area contributed by atoms with Crippen molar-refractivity contribution in [1.82, 2.24) is 15.3 Å². The van der Waals surface area contributed by atoms with Crippen LogP contribution in [-0.2, 0) is 11.2 Å². The zero-order valence-corrected chi connectivity index (χ0v) is 14.1. The number of nitrogens with one attached hydrogen (secondary N) is 1. The van der Waals surface area contributed by atoms with E-state index in [1.54, 1.807) is 13.3 Å². The lowest BCUT2D eigenvalue weighted by Gasteiger charge is -2.18. The zero-order valence-electron chi connectivity index (χ0n) is 14.1. The van der Waals surface area contributed by atoms with Crippen LogP contribution in [0.2, 0.25) is 0 Å². The van der Waals surface area contributed by atoms with Gasteiger partial charge in [-0.1, -0.05) is 12.1 Å². The van der Waals surface area contributed by atoms with Gasteiger partial charge in [0.05, 0.1) is 19.6 Å². The van der Waals surface area contributed by atoms with Crippen LogP contribution in [0.1, 0.15) is 5.56 Å². The highest BCUT2D eigenvalue weighted by atomic mass is 16.5. The number of carbonyl (C=O) groups excluding carboxylic acids is 1. The summed E-state index contributed by atoms with van der Waals surface area (Å²) in [7, 11) is 1.61. The first-order chi connectivity index (χ1) is 12.2. The quantitative estimate of drug-likeness (QED) is 0.801. The van der Waals surface area contributed by atoms with Gasteiger partial charge in [0.2, 0.25) is 5.91 Å². The van der Waals surface area contributed by atoms with Gasteiger partial charge in [-0.3, -0.25) is 4.79 Å². The maximum Gasteiger partial charge on any atom is 0.224 e. The lowest BCUT2D eigenvalue weighted by atomic mass is 10.0. The summed E-state index contributed by atoms with van der Waals surface area (Å²) in [5.74, 6) is 1.49. The Kier molecular flexibility index (Phi) is 5.45. The molecule has 7 heteroatoms. The summed E-state index contributed by atoms with van der Waals surface area (Å²) >= 11 is 0. The van der Waals surface area contributed by atoms with Crippen LogP contribution in [0.4, 0.5) is 5.82 Å². The van der Waals surface area contributed by atoms with Crippen LogP contribution in [-0.4, -0.2) is 53.8 Å². The first-order valence-corrected chi connectivity index (χ1v) is 8.23. The number of carbonyl (C=O) groups is 1. The number of hydrogen-bond acceptors (Lipinski definition) is 6. The van der Waals surface area contributed by atoms with Crippen molar-refractivity contribution < 1.29 is 14.6 Å². The molecule has 0 spiro atoms. The number of aromatic nitrogens is 2. The highest BCUT2D eigenvalue weighted by Crippen LogP contribution is 2.22. The van der Waals surface area contributed by atoms with Gasteiger partial charge in [-0.05, 0) is 23.8 Å². The molecule has 0 unspecified atom stereocenters. The van der Waals surface area contributed by atoms with E-state index in [9.17, 15) is 9.90 Å². The van der Waals surface area contributed by atoms with E-state index in [1.165, 1.54) is 6.33 Å². The van der Waals surface area contributed by atoms with E-state index in [0.29, 0.717) is 19.5 Å². The molecule has 0 radical (unpaired) electrons. The predicted molar refractivity (Wildman–Crippen MR) is 93.4 cm³/mol. The monoisotopic (exact) mass is 342 g/mol. The fourth-order valence-electron chi connectivity index (χ4n) is 3.06. The molecule has 1 aromatic carbocycles. The van der Waals surface area contributed by atoms with Crippen LogP contribution in [0.5, 0.6) is 5.75 Å². The number of methoxy groups -OCH3 is 1. The predicted octanol–water partition coefficient (Wildman–Crippen LogP) is 0.641. The van der Waals surface area contributed by atoms with E-state index in [-0.39, 0.29) is 24.5 Å². The fraction of sp³-hybridized carbons (Fsp3) is 0.389. The number of nitrogens with zero attached hydrogens (tertiary/aromatic N) is 3. The molecule has 25 heavy (non-hydrogen) atoms. The Morgan fingerprint density at radius 3 is 2.76 bits per heavy atom. The standard InChI is InChI=1S/C18H22N4O3/c1-25-15-4-2-13(3-5-15)8-18(24)21-16-10-22(9-14(16)11-23)17-6-7-19-12-20-17/h2-7,12,14,16,23H,8-11H2,1H3,(H,21,24)/t14-,16+/m0/s1. The SMILES string of the molecule is COc1ccc(CC(=O)N[C@@H]2CN(c3ccncn3)C[C@H]2CO)cc1. The molecule has 0 bridgehead atoms. The Labute approximate surface area is 146 Å². The summed E-state index contributed by atoms with van der Waals surface area (Å²) < 4.78 is 5.12. The van der Waals surface area contributed by atoms with Crippen LogP contribution >= 0.6 is 0 Å². The largest absolute Gasteiger partial charge is 0.497 e. The van der Waals surface area contributed by atoms with E-state index in [4.69, 9.17) is 4.74 Å². The molecule has 0 aliphatic carbocycles. The molecular weight excluding hydrogens is 320 g/mol. The van der Waals surface area contributed by atoms with Crippen molar-refractivity contribution in [3.8, 4) is 5.75 Å². The van der Waals surface area contributed by atoms with Gasteiger partial charge >= 0.3 is 0 Å². The second kappa shape index (κ2) is 7.94. The molecule has 2 N–H and O–H groups in total. The van der Waals surface area contributed by atoms with E-state index < -0.39 is 0 Å². The molecule has 3 rings (SSSR count). The maximum atomic E-state index is 12.4. The molecule has 132 valence electrons. The first kappa shape index (κ1) is 17.2. The van der Waals surface area contributed by atoms with Crippen LogP contribution in [0.3, 0.4) is 0 Å². The minimum absolute atomic E-state index is 0.0187. The summed E-state index contributed by atoms with van der Waals surface area (Å²) in [5, 5.41) is 12.7. The summed E-state index contributed by atoms with van der Waals surface area (Å²) in [6.07, 6.45) is 3.48. The van der Waals surface area contributed by atoms with Gasteiger partial charge in [0.25, 0.3) is 0 Å². The second-order valence-corrected chi connectivity index (χ2v) is 6.11. The number of hydrogen-bond donors (Lipinski definition) is 2. The van der Waals surface area contributed by atoms with Gasteiger partial charge in [0, 0.05) is 31.8 Å². The summed E-state index contributed by atoms with van der Waals surface area (Å²) in [4.78, 5) is 22.6. The molecule has 1 fully saturated rings. The number of rotatable bonds is 6. The Morgan fingerprint density at radius 1 is 1.32 bits per heavy atom. The fourth-order valence-corrected chi connectivity index (χ4v) is 3.06. The smallest absolute Gasteiger partial charge is 0.224 e. The van der Waals surface area contributed by atoms with Crippen LogP contribution in [0.25, 0.3) is 0 Å². The second-order valence-electron chi connectivity index (χ2n) is 6.11. The third kappa shape index (κ3) is 4.24. The van der Waals surface area contributed by atoms with Gasteiger partial charge in [0.1, 0.15) is 17.9 Å². The number of ether oxygens (including phenoxy) is 1. The highest BCUT2D eigenvalue weighted by molar-refractivity contribution is 5.79. The minimum Gasteiger partial charge on any atom is -0.497 e. The number of amides is 1. The van der Waals surface area contributed by atoms with Crippen molar-refractivity contribution in [3.63, 3.8) is 0 Å². The van der Waals surface area contributed by atoms with Crippen LogP contribution < -0.4 is 15.0 Å². The molecule has 1 aliphatic rings. The number of aliphatic hydroxyl groups is 1. The first-order valence-electron chi connectivity index (χ1n) is 8.23. The molecule has 1 amide bonds. The number of anilines is 1. The third-order valence-corrected chi connectivity index (χ3v) is 4.44. The number of benzene rings is 1. The molecule has 7 nitrogen and oxygen atoms in total. The summed E-state index contributed by atoms with van der Waals surface area (Å²) in [5.41, 5.74) is 0.921. The van der Waals surface area contributed by atoms with E-state index in [1.807, 2.05) is 30.3 Å². The normalized spacial score (nSPS) is 19.7. The highest BCUT2D eigenvalue weighted by Gasteiger charge is 2.33. The van der Waals surface area contributed by atoms with Crippen molar-refractivity contribution >= 4 is 11.7 Å². The minimum atomic E-state index is -0.106. The summed E-state index contributed by atoms with van der Waals surface area (Å²) in [6.45, 7) is 1.30. The van der Waals surface area contributed by atoms with Crippen molar-refractivity contribution in [2.75, 3.05) is 31.7 Å². The van der Waals surface area contributed by atoms with Crippen molar-refractivity contribution in [1.29, 1.82) is 0 Å². The Hall–Kier alpha value is -2.67. The van der Waals surface area contributed by atoms with Crippen molar-refractivity contribution in [2.24, 2.45) is 5.92 Å². The molecule has 0 saturated carbocycles. The molecule has 1 saturated heterocycles. The lowest BCUT2D eigenvalue weighted by molar-refractivity contribution is -0.121. The molecular formula is C18H22N4O3. The van der Waals surface area contributed by atoms with E-state index in [2.05, 4.69) is 20.2 Å². The zero-order chi connectivity index (χ0) is 17.6. The van der Waals surface area contributed by atoms with Crippen molar-refractivity contribution in [3.05, 3.63) is 48.4 Å². The van der Waals surface area contributed by atoms with E-state index >= 15 is 0 Å². The third-order valence-electron chi connectivity index (χ3n) is 4.44. The number of aliphatic hydroxyl groups excluding tert-OH is 1. The van der Waals surface area contributed by atoms with Crippen LogP contribution in [0.15, 0.2) is 42.9 Å².